The summed E-state index contributed by atoms with van der Waals surface area (Å²) in [7, 11) is 0. The van der Waals surface area contributed by atoms with E-state index in [9.17, 15) is 9.18 Å². The minimum Gasteiger partial charge on any atom is -0.342 e. The largest absolute Gasteiger partial charge is 0.342 e. The predicted octanol–water partition coefficient (Wildman–Crippen LogP) is 2.26. The molecule has 1 amide bonds. The summed E-state index contributed by atoms with van der Waals surface area (Å²) in [6.07, 6.45) is 6.22. The topological polar surface area (TPSA) is 89.9 Å². The van der Waals surface area contributed by atoms with Crippen molar-refractivity contribution in [3.63, 3.8) is 0 Å². The Morgan fingerprint density at radius 3 is 2.79 bits per heavy atom. The van der Waals surface area contributed by atoms with Gasteiger partial charge in [0.05, 0.1) is 12.2 Å². The minimum absolute atomic E-state index is 0.159. The second-order valence-electron chi connectivity index (χ2n) is 7.43. The Bertz CT molecular complexity index is 987. The molecule has 1 saturated heterocycles. The molecule has 0 saturated carbocycles. The Hall–Kier alpha value is -2.87. The van der Waals surface area contributed by atoms with Gasteiger partial charge in [-0.15, -0.1) is 0 Å². The number of fused-ring (bicyclic) bond motifs is 1. The van der Waals surface area contributed by atoms with Crippen LogP contribution in [0.25, 0.3) is 11.2 Å². The second kappa shape index (κ2) is 8.65. The minimum atomic E-state index is -0.237. The number of nitrogens with two attached hydrogens (primary N) is 1. The highest BCUT2D eigenvalue weighted by Crippen LogP contribution is 2.30. The van der Waals surface area contributed by atoms with Crippen molar-refractivity contribution < 1.29 is 9.18 Å². The first-order chi connectivity index (χ1) is 14.2. The van der Waals surface area contributed by atoms with E-state index in [1.54, 1.807) is 24.5 Å². The quantitative estimate of drug-likeness (QED) is 0.662. The molecule has 1 atom stereocenters. The number of rotatable bonds is 7. The third kappa shape index (κ3) is 4.27. The number of aryl methyl sites for hydroxylation is 1. The molecule has 3 aromatic rings. The number of benzene rings is 1. The highest BCUT2D eigenvalue weighted by Gasteiger charge is 2.31. The molecule has 8 heteroatoms. The van der Waals surface area contributed by atoms with Gasteiger partial charge >= 0.3 is 0 Å². The van der Waals surface area contributed by atoms with Gasteiger partial charge in [0.1, 0.15) is 11.3 Å². The van der Waals surface area contributed by atoms with E-state index in [0.29, 0.717) is 26.1 Å². The van der Waals surface area contributed by atoms with Crippen LogP contribution < -0.4 is 5.73 Å². The number of hydrogen-bond acceptors (Lipinski definition) is 5. The number of halogens is 1. The number of aromatic nitrogens is 4. The number of hydrogen-bond donors (Lipinski definition) is 1. The molecule has 0 bridgehead atoms. The molecular weight excluding hydrogens is 371 g/mol. The first kappa shape index (κ1) is 19.4. The number of nitrogens with zero attached hydrogens (tertiary/aromatic N) is 5. The van der Waals surface area contributed by atoms with Gasteiger partial charge in [0.15, 0.2) is 5.65 Å². The van der Waals surface area contributed by atoms with Crippen LogP contribution in [0.15, 0.2) is 36.7 Å². The molecule has 4 rings (SSSR count). The Labute approximate surface area is 168 Å². The van der Waals surface area contributed by atoms with Crippen molar-refractivity contribution in [3.05, 3.63) is 53.7 Å². The summed E-state index contributed by atoms with van der Waals surface area (Å²) in [4.78, 5) is 23.4. The highest BCUT2D eigenvalue weighted by molar-refractivity contribution is 5.77. The standard InChI is InChI=1S/C21H25FN6O/c22-17-6-4-15(5-7-17)2-1-3-18(29)27-12-8-16(14-27)19-20-21(25-11-10-24-20)28(26-19)13-9-23/h4-7,10-11,16H,1-3,8-9,12-14,23H2. The number of carbonyl (C=O) groups excluding carboxylic acids is 1. The van der Waals surface area contributed by atoms with Gasteiger partial charge in [0, 0.05) is 44.4 Å². The van der Waals surface area contributed by atoms with E-state index in [1.807, 2.05) is 9.58 Å². The lowest BCUT2D eigenvalue weighted by atomic mass is 10.0. The molecule has 0 spiro atoms. The van der Waals surface area contributed by atoms with Crippen molar-refractivity contribution >= 4 is 17.1 Å². The monoisotopic (exact) mass is 396 g/mol. The summed E-state index contributed by atoms with van der Waals surface area (Å²) >= 11 is 0. The molecule has 1 fully saturated rings. The van der Waals surface area contributed by atoms with E-state index >= 15 is 0 Å². The first-order valence-electron chi connectivity index (χ1n) is 10.1. The maximum atomic E-state index is 13.0. The Balaban J connectivity index is 1.37. The maximum Gasteiger partial charge on any atom is 0.222 e. The summed E-state index contributed by atoms with van der Waals surface area (Å²) in [5.74, 6) is 0.0831. The van der Waals surface area contributed by atoms with E-state index in [2.05, 4.69) is 9.97 Å². The zero-order chi connectivity index (χ0) is 20.2. The molecular formula is C21H25FN6O. The van der Waals surface area contributed by atoms with E-state index in [4.69, 9.17) is 10.8 Å². The molecule has 1 aliphatic heterocycles. The third-order valence-corrected chi connectivity index (χ3v) is 5.43. The molecule has 0 aliphatic carbocycles. The summed E-state index contributed by atoms with van der Waals surface area (Å²) in [5.41, 5.74) is 9.20. The molecule has 2 aromatic heterocycles. The van der Waals surface area contributed by atoms with Crippen LogP contribution in [0.4, 0.5) is 4.39 Å². The SMILES string of the molecule is NCCn1nc(C2CCN(C(=O)CCCc3ccc(F)cc3)C2)c2nccnc21. The molecule has 152 valence electrons. The average Bonchev–Trinajstić information content (AvgIpc) is 3.35. The van der Waals surface area contributed by atoms with Crippen molar-refractivity contribution in [2.45, 2.75) is 38.1 Å². The molecule has 1 unspecified atom stereocenters. The van der Waals surface area contributed by atoms with Crippen LogP contribution in [0.1, 0.15) is 36.4 Å². The van der Waals surface area contributed by atoms with Gasteiger partial charge in [0.25, 0.3) is 0 Å². The Morgan fingerprint density at radius 2 is 2.00 bits per heavy atom. The van der Waals surface area contributed by atoms with Gasteiger partial charge in [-0.05, 0) is 37.0 Å². The van der Waals surface area contributed by atoms with Crippen molar-refractivity contribution in [1.82, 2.24) is 24.6 Å². The van der Waals surface area contributed by atoms with E-state index in [0.717, 1.165) is 48.2 Å². The van der Waals surface area contributed by atoms with E-state index < -0.39 is 0 Å². The van der Waals surface area contributed by atoms with Gasteiger partial charge < -0.3 is 10.6 Å². The third-order valence-electron chi connectivity index (χ3n) is 5.43. The molecule has 3 heterocycles. The highest BCUT2D eigenvalue weighted by atomic mass is 19.1. The van der Waals surface area contributed by atoms with E-state index in [1.165, 1.54) is 12.1 Å². The lowest BCUT2D eigenvalue weighted by Crippen LogP contribution is -2.28. The molecule has 2 N–H and O–H groups in total. The predicted molar refractivity (Wildman–Crippen MR) is 108 cm³/mol. The van der Waals surface area contributed by atoms with Gasteiger partial charge in [-0.25, -0.2) is 19.0 Å². The number of likely N-dealkylation sites (tertiary alicyclic amines) is 1. The van der Waals surface area contributed by atoms with Gasteiger partial charge in [-0.2, -0.15) is 5.10 Å². The van der Waals surface area contributed by atoms with Crippen LogP contribution in [0.5, 0.6) is 0 Å². The fourth-order valence-corrected chi connectivity index (χ4v) is 3.94. The molecule has 7 nitrogen and oxygen atoms in total. The molecule has 1 aromatic carbocycles. The van der Waals surface area contributed by atoms with Gasteiger partial charge in [-0.1, -0.05) is 12.1 Å². The van der Waals surface area contributed by atoms with E-state index in [-0.39, 0.29) is 17.6 Å². The smallest absolute Gasteiger partial charge is 0.222 e. The maximum absolute atomic E-state index is 13.0. The number of amides is 1. The van der Waals surface area contributed by atoms with Gasteiger partial charge in [0.2, 0.25) is 5.91 Å². The molecule has 1 aliphatic rings. The normalized spacial score (nSPS) is 16.6. The summed E-state index contributed by atoms with van der Waals surface area (Å²) in [6, 6.07) is 6.46. The fourth-order valence-electron chi connectivity index (χ4n) is 3.94. The van der Waals surface area contributed by atoms with Crippen LogP contribution in [0.2, 0.25) is 0 Å². The first-order valence-corrected chi connectivity index (χ1v) is 10.1. The molecule has 29 heavy (non-hydrogen) atoms. The average molecular weight is 396 g/mol. The lowest BCUT2D eigenvalue weighted by Gasteiger charge is -2.16. The van der Waals surface area contributed by atoms with Crippen LogP contribution >= 0.6 is 0 Å². The zero-order valence-corrected chi connectivity index (χ0v) is 16.3. The summed E-state index contributed by atoms with van der Waals surface area (Å²) in [6.45, 7) is 2.45. The van der Waals surface area contributed by atoms with Crippen LogP contribution in [-0.2, 0) is 17.8 Å². The van der Waals surface area contributed by atoms with Crippen molar-refractivity contribution in [2.75, 3.05) is 19.6 Å². The van der Waals surface area contributed by atoms with Crippen LogP contribution in [-0.4, -0.2) is 50.2 Å². The van der Waals surface area contributed by atoms with Crippen molar-refractivity contribution in [3.8, 4) is 0 Å². The Morgan fingerprint density at radius 1 is 1.21 bits per heavy atom. The summed E-state index contributed by atoms with van der Waals surface area (Å²) < 4.78 is 14.8. The molecule has 0 radical (unpaired) electrons. The second-order valence-corrected chi connectivity index (χ2v) is 7.43. The lowest BCUT2D eigenvalue weighted by molar-refractivity contribution is -0.130. The van der Waals surface area contributed by atoms with Gasteiger partial charge in [-0.3, -0.25) is 4.79 Å². The van der Waals surface area contributed by atoms with Crippen molar-refractivity contribution in [2.24, 2.45) is 5.73 Å². The fraction of sp³-hybridized carbons (Fsp3) is 0.429. The van der Waals surface area contributed by atoms with Crippen molar-refractivity contribution in [1.29, 1.82) is 0 Å². The number of carbonyl (C=O) groups is 1. The summed E-state index contributed by atoms with van der Waals surface area (Å²) in [5, 5.41) is 4.71. The van der Waals surface area contributed by atoms with Crippen LogP contribution in [0.3, 0.4) is 0 Å². The van der Waals surface area contributed by atoms with Crippen LogP contribution in [0, 0.1) is 5.82 Å². The Kier molecular flexibility index (Phi) is 5.80. The zero-order valence-electron chi connectivity index (χ0n) is 16.3.